The molecule has 1 atom stereocenters. The molecule has 3 aromatic rings. The van der Waals surface area contributed by atoms with Crippen LogP contribution in [0.3, 0.4) is 0 Å². The predicted molar refractivity (Wildman–Crippen MR) is 99.1 cm³/mol. The third-order valence-electron chi connectivity index (χ3n) is 4.81. The summed E-state index contributed by atoms with van der Waals surface area (Å²) < 4.78 is 1.82. The van der Waals surface area contributed by atoms with Crippen molar-refractivity contribution in [3.63, 3.8) is 0 Å². The Kier molecular flexibility index (Phi) is 4.16. The molecule has 0 spiro atoms. The lowest BCUT2D eigenvalue weighted by Gasteiger charge is -2.24. The van der Waals surface area contributed by atoms with Crippen LogP contribution in [0.15, 0.2) is 54.9 Å². The molecule has 1 aromatic heterocycles. The van der Waals surface area contributed by atoms with E-state index < -0.39 is 0 Å². The predicted octanol–water partition coefficient (Wildman–Crippen LogP) is 3.27. The summed E-state index contributed by atoms with van der Waals surface area (Å²) in [6.45, 7) is 3.06. The second-order valence-corrected chi connectivity index (χ2v) is 6.64. The quantitative estimate of drug-likeness (QED) is 0.774. The van der Waals surface area contributed by atoms with Gasteiger partial charge in [-0.05, 0) is 29.2 Å². The third-order valence-corrected chi connectivity index (χ3v) is 4.81. The number of fused-ring (bicyclic) bond motifs is 3. The number of rotatable bonds is 2. The third kappa shape index (κ3) is 2.94. The molecular weight excluding hydrogens is 326 g/mol. The zero-order valence-corrected chi connectivity index (χ0v) is 14.9. The van der Waals surface area contributed by atoms with E-state index in [0.717, 1.165) is 17.0 Å². The molecule has 0 saturated heterocycles. The molecule has 0 bridgehead atoms. The summed E-state index contributed by atoms with van der Waals surface area (Å²) in [6.07, 6.45) is 1.64. The highest BCUT2D eigenvalue weighted by atomic mass is 16.2. The highest BCUT2D eigenvalue weighted by Gasteiger charge is 2.24. The van der Waals surface area contributed by atoms with E-state index in [0.29, 0.717) is 13.1 Å². The average molecular weight is 347 g/mol. The van der Waals surface area contributed by atoms with Gasteiger partial charge in [0.15, 0.2) is 5.82 Å². The summed E-state index contributed by atoms with van der Waals surface area (Å²) in [5, 5.41) is 11.0. The normalized spacial score (nSPS) is 14.2. The molecule has 0 radical (unpaired) electrons. The number of benzene rings is 2. The van der Waals surface area contributed by atoms with Crippen LogP contribution in [0, 0.1) is 0 Å². The fraction of sp³-hybridized carbons (Fsp3) is 0.250. The Hall–Kier alpha value is -3.15. The SMILES string of the molecule is C[C@@H](NC(=O)N1Cc2ccccc2-c2ccccc2C1)c1nncn1C. The van der Waals surface area contributed by atoms with Gasteiger partial charge in [0.1, 0.15) is 6.33 Å². The van der Waals surface area contributed by atoms with E-state index >= 15 is 0 Å². The molecule has 1 N–H and O–H groups in total. The van der Waals surface area contributed by atoms with Gasteiger partial charge in [0.05, 0.1) is 6.04 Å². The van der Waals surface area contributed by atoms with Gasteiger partial charge >= 0.3 is 6.03 Å². The van der Waals surface area contributed by atoms with Gasteiger partial charge in [-0.1, -0.05) is 48.5 Å². The Bertz CT molecular complexity index is 901. The number of urea groups is 1. The summed E-state index contributed by atoms with van der Waals surface area (Å²) in [6, 6.07) is 16.2. The first-order chi connectivity index (χ1) is 12.6. The van der Waals surface area contributed by atoms with E-state index in [4.69, 9.17) is 0 Å². The maximum atomic E-state index is 12.9. The summed E-state index contributed by atoms with van der Waals surface area (Å²) in [7, 11) is 1.87. The first-order valence-corrected chi connectivity index (χ1v) is 8.69. The molecule has 2 amide bonds. The van der Waals surface area contributed by atoms with Crippen LogP contribution in [-0.2, 0) is 20.1 Å². The lowest BCUT2D eigenvalue weighted by Crippen LogP contribution is -2.40. The first-order valence-electron chi connectivity index (χ1n) is 8.69. The van der Waals surface area contributed by atoms with Crippen molar-refractivity contribution in [3.05, 3.63) is 71.8 Å². The van der Waals surface area contributed by atoms with Crippen LogP contribution in [0.4, 0.5) is 4.79 Å². The van der Waals surface area contributed by atoms with Crippen LogP contribution >= 0.6 is 0 Å². The van der Waals surface area contributed by atoms with Crippen LogP contribution in [-0.4, -0.2) is 25.7 Å². The van der Waals surface area contributed by atoms with Crippen molar-refractivity contribution in [3.8, 4) is 11.1 Å². The van der Waals surface area contributed by atoms with Crippen molar-refractivity contribution >= 4 is 6.03 Å². The molecule has 2 aromatic carbocycles. The summed E-state index contributed by atoms with van der Waals surface area (Å²) in [5.74, 6) is 0.731. The minimum absolute atomic E-state index is 0.105. The molecule has 1 aliphatic heterocycles. The van der Waals surface area contributed by atoms with Gasteiger partial charge in [0.25, 0.3) is 0 Å². The molecule has 0 aliphatic carbocycles. The van der Waals surface area contributed by atoms with E-state index in [9.17, 15) is 4.79 Å². The zero-order chi connectivity index (χ0) is 18.1. The van der Waals surface area contributed by atoms with Gasteiger partial charge in [0, 0.05) is 20.1 Å². The maximum absolute atomic E-state index is 12.9. The molecule has 1 aliphatic rings. The van der Waals surface area contributed by atoms with Crippen LogP contribution in [0.25, 0.3) is 11.1 Å². The summed E-state index contributed by atoms with van der Waals surface area (Å²) in [4.78, 5) is 14.8. The lowest BCUT2D eigenvalue weighted by molar-refractivity contribution is 0.189. The van der Waals surface area contributed by atoms with Crippen molar-refractivity contribution in [2.24, 2.45) is 7.05 Å². The van der Waals surface area contributed by atoms with Crippen molar-refractivity contribution in [2.75, 3.05) is 0 Å². The fourth-order valence-electron chi connectivity index (χ4n) is 3.48. The Labute approximate surface area is 152 Å². The standard InChI is InChI=1S/C20H21N5O/c1-14(19-23-21-13-24(19)2)22-20(26)25-11-15-7-3-5-9-17(15)18-10-6-4-8-16(18)12-25/h3-10,13-14H,11-12H2,1-2H3,(H,22,26)/t14-/m1/s1. The largest absolute Gasteiger partial charge is 0.328 e. The Morgan fingerprint density at radius 2 is 1.62 bits per heavy atom. The van der Waals surface area contributed by atoms with Crippen LogP contribution < -0.4 is 5.32 Å². The second-order valence-electron chi connectivity index (χ2n) is 6.64. The number of nitrogens with zero attached hydrogens (tertiary/aromatic N) is 4. The Morgan fingerprint density at radius 3 is 2.15 bits per heavy atom. The number of nitrogens with one attached hydrogen (secondary N) is 1. The number of hydrogen-bond donors (Lipinski definition) is 1. The molecule has 0 fully saturated rings. The zero-order valence-electron chi connectivity index (χ0n) is 14.9. The summed E-state index contributed by atoms with van der Waals surface area (Å²) >= 11 is 0. The fourth-order valence-corrected chi connectivity index (χ4v) is 3.48. The number of carbonyl (C=O) groups is 1. The number of aromatic nitrogens is 3. The van der Waals surface area contributed by atoms with Gasteiger partial charge in [-0.25, -0.2) is 4.79 Å². The lowest BCUT2D eigenvalue weighted by atomic mass is 9.97. The number of amides is 2. The van der Waals surface area contributed by atoms with Crippen LogP contribution in [0.1, 0.15) is 29.9 Å². The van der Waals surface area contributed by atoms with Crippen molar-refractivity contribution in [1.82, 2.24) is 25.0 Å². The van der Waals surface area contributed by atoms with Crippen LogP contribution in [0.5, 0.6) is 0 Å². The summed E-state index contributed by atoms with van der Waals surface area (Å²) in [5.41, 5.74) is 4.69. The minimum Gasteiger partial charge on any atom is -0.328 e. The van der Waals surface area contributed by atoms with Gasteiger partial charge in [-0.15, -0.1) is 10.2 Å². The highest BCUT2D eigenvalue weighted by Crippen LogP contribution is 2.32. The molecule has 6 heteroatoms. The van der Waals surface area contributed by atoms with E-state index in [2.05, 4.69) is 39.8 Å². The molecule has 0 saturated carbocycles. The second kappa shape index (κ2) is 6.63. The average Bonchev–Trinajstić information content (AvgIpc) is 3.00. The van der Waals surface area contributed by atoms with Gasteiger partial charge in [0.2, 0.25) is 0 Å². The Balaban J connectivity index is 1.62. The molecule has 26 heavy (non-hydrogen) atoms. The topological polar surface area (TPSA) is 63.1 Å². The van der Waals surface area contributed by atoms with Crippen molar-refractivity contribution < 1.29 is 4.79 Å². The van der Waals surface area contributed by atoms with Crippen LogP contribution in [0.2, 0.25) is 0 Å². The van der Waals surface area contributed by atoms with E-state index in [1.54, 1.807) is 6.33 Å². The number of carbonyl (C=O) groups excluding carboxylic acids is 1. The van der Waals surface area contributed by atoms with E-state index in [-0.39, 0.29) is 12.1 Å². The highest BCUT2D eigenvalue weighted by molar-refractivity contribution is 5.78. The minimum atomic E-state index is -0.219. The van der Waals surface area contributed by atoms with Gasteiger partial charge < -0.3 is 14.8 Å². The molecule has 0 unspecified atom stereocenters. The maximum Gasteiger partial charge on any atom is 0.318 e. The van der Waals surface area contributed by atoms with E-state index in [1.165, 1.54) is 11.1 Å². The Morgan fingerprint density at radius 1 is 1.04 bits per heavy atom. The smallest absolute Gasteiger partial charge is 0.318 e. The first kappa shape index (κ1) is 16.3. The molecule has 4 rings (SSSR count). The number of hydrogen-bond acceptors (Lipinski definition) is 3. The number of aryl methyl sites for hydroxylation is 1. The monoisotopic (exact) mass is 347 g/mol. The van der Waals surface area contributed by atoms with Crippen molar-refractivity contribution in [2.45, 2.75) is 26.1 Å². The van der Waals surface area contributed by atoms with Crippen molar-refractivity contribution in [1.29, 1.82) is 0 Å². The van der Waals surface area contributed by atoms with Gasteiger partial charge in [-0.3, -0.25) is 0 Å². The van der Waals surface area contributed by atoms with E-state index in [1.807, 2.05) is 47.7 Å². The van der Waals surface area contributed by atoms with Gasteiger partial charge in [-0.2, -0.15) is 0 Å². The molecule has 132 valence electrons. The molecular formula is C20H21N5O. The molecule has 6 nitrogen and oxygen atoms in total. The molecule has 2 heterocycles.